The van der Waals surface area contributed by atoms with Crippen LogP contribution in [0.5, 0.6) is 0 Å². The van der Waals surface area contributed by atoms with Gasteiger partial charge in [0.15, 0.2) is 5.72 Å². The summed E-state index contributed by atoms with van der Waals surface area (Å²) in [6, 6.07) is 7.13. The second-order valence-electron chi connectivity index (χ2n) is 4.35. The van der Waals surface area contributed by atoms with Crippen LogP contribution in [0.4, 0.5) is 4.79 Å². The van der Waals surface area contributed by atoms with Crippen LogP contribution in [-0.4, -0.2) is 28.5 Å². The summed E-state index contributed by atoms with van der Waals surface area (Å²) < 4.78 is 5.83. The maximum Gasteiger partial charge on any atom is 0.433 e. The molecule has 1 aliphatic heterocycles. The predicted molar refractivity (Wildman–Crippen MR) is 74.6 cm³/mol. The summed E-state index contributed by atoms with van der Waals surface area (Å²) in [6.45, 7) is 3.71. The van der Waals surface area contributed by atoms with E-state index < -0.39 is 11.8 Å². The molecule has 1 aromatic carbocycles. The Kier molecular flexibility index (Phi) is 3.91. The summed E-state index contributed by atoms with van der Waals surface area (Å²) in [4.78, 5) is 11.9. The van der Waals surface area contributed by atoms with Crippen molar-refractivity contribution in [3.8, 4) is 0 Å². The lowest BCUT2D eigenvalue weighted by molar-refractivity contribution is -0.0855. The van der Waals surface area contributed by atoms with E-state index in [1.54, 1.807) is 26.0 Å². The van der Waals surface area contributed by atoms with Crippen molar-refractivity contribution >= 4 is 27.7 Å². The number of halogens is 1. The van der Waals surface area contributed by atoms with E-state index in [1.807, 2.05) is 12.1 Å². The van der Waals surface area contributed by atoms with E-state index in [1.165, 1.54) is 0 Å². The van der Waals surface area contributed by atoms with Crippen molar-refractivity contribution in [2.75, 3.05) is 6.61 Å². The molecule has 2 rings (SSSR count). The van der Waals surface area contributed by atoms with Crippen molar-refractivity contribution in [1.29, 1.82) is 0 Å². The Bertz CT molecular complexity index is 515. The van der Waals surface area contributed by atoms with Gasteiger partial charge in [-0.15, -0.1) is 0 Å². The highest BCUT2D eigenvalue weighted by Gasteiger charge is 2.45. The molecule has 19 heavy (non-hydrogen) atoms. The summed E-state index contributed by atoms with van der Waals surface area (Å²) in [7, 11) is 0. The third-order valence-electron chi connectivity index (χ3n) is 2.87. The fraction of sp³-hybridized carbons (Fsp3) is 0.385. The number of carbonyl (C=O) groups excluding carboxylic acids is 1. The van der Waals surface area contributed by atoms with E-state index in [0.29, 0.717) is 11.3 Å². The van der Waals surface area contributed by atoms with Gasteiger partial charge in [-0.2, -0.15) is 10.1 Å². The van der Waals surface area contributed by atoms with Crippen molar-refractivity contribution < 1.29 is 14.6 Å². The number of hydrazone groups is 1. The molecule has 1 heterocycles. The first-order valence-corrected chi connectivity index (χ1v) is 6.76. The molecule has 0 aliphatic carbocycles. The highest BCUT2D eigenvalue weighted by Crippen LogP contribution is 2.36. The first kappa shape index (κ1) is 14.0. The van der Waals surface area contributed by atoms with Crippen molar-refractivity contribution in [2.45, 2.75) is 26.0 Å². The minimum Gasteiger partial charge on any atom is -0.448 e. The average Bonchev–Trinajstić information content (AvgIpc) is 2.67. The summed E-state index contributed by atoms with van der Waals surface area (Å²) in [5.41, 5.74) is -0.195. The number of rotatable bonds is 2. The molecule has 0 fully saturated rings. The average molecular weight is 327 g/mol. The standard InChI is InChI=1S/C13H15BrN2O3/c1-3-19-12(17)16-13(18,8-9(2)15-16)10-4-6-11(14)7-5-10/h4-7,18H,3,8H2,1-2H3/t13-/m1/s1. The van der Waals surface area contributed by atoms with Gasteiger partial charge in [0.1, 0.15) is 0 Å². The second kappa shape index (κ2) is 5.30. The Hall–Kier alpha value is -1.40. The van der Waals surface area contributed by atoms with Gasteiger partial charge < -0.3 is 9.84 Å². The fourth-order valence-electron chi connectivity index (χ4n) is 2.04. The molecular formula is C13H15BrN2O3. The highest BCUT2D eigenvalue weighted by molar-refractivity contribution is 9.10. The van der Waals surface area contributed by atoms with Gasteiger partial charge in [0.25, 0.3) is 0 Å². The van der Waals surface area contributed by atoms with E-state index in [-0.39, 0.29) is 13.0 Å². The lowest BCUT2D eigenvalue weighted by atomic mass is 9.98. The van der Waals surface area contributed by atoms with Gasteiger partial charge in [-0.1, -0.05) is 28.1 Å². The SMILES string of the molecule is CCOC(=O)N1N=C(C)C[C@@]1(O)c1ccc(Br)cc1. The zero-order valence-corrected chi connectivity index (χ0v) is 12.3. The summed E-state index contributed by atoms with van der Waals surface area (Å²) >= 11 is 3.34. The van der Waals surface area contributed by atoms with Crippen LogP contribution >= 0.6 is 15.9 Å². The Morgan fingerprint density at radius 3 is 2.74 bits per heavy atom. The number of benzene rings is 1. The zero-order chi connectivity index (χ0) is 14.0. The highest BCUT2D eigenvalue weighted by atomic mass is 79.9. The number of carbonyl (C=O) groups is 1. The maximum absolute atomic E-state index is 11.9. The zero-order valence-electron chi connectivity index (χ0n) is 10.8. The van der Waals surface area contributed by atoms with Crippen LogP contribution in [0.1, 0.15) is 25.8 Å². The molecule has 0 spiro atoms. The van der Waals surface area contributed by atoms with E-state index in [2.05, 4.69) is 21.0 Å². The van der Waals surface area contributed by atoms with Crippen LogP contribution in [0.3, 0.4) is 0 Å². The van der Waals surface area contributed by atoms with Crippen LogP contribution in [-0.2, 0) is 10.5 Å². The third kappa shape index (κ3) is 2.64. The van der Waals surface area contributed by atoms with Crippen molar-refractivity contribution in [3.63, 3.8) is 0 Å². The number of aliphatic hydroxyl groups is 1. The molecule has 1 N–H and O–H groups in total. The molecule has 1 aromatic rings. The molecule has 0 radical (unpaired) electrons. The molecule has 0 bridgehead atoms. The molecule has 6 heteroatoms. The molecule has 0 saturated carbocycles. The Balaban J connectivity index is 2.35. The van der Waals surface area contributed by atoms with Gasteiger partial charge >= 0.3 is 6.09 Å². The van der Waals surface area contributed by atoms with Crippen LogP contribution < -0.4 is 0 Å². The maximum atomic E-state index is 11.9. The smallest absolute Gasteiger partial charge is 0.433 e. The van der Waals surface area contributed by atoms with Gasteiger partial charge in [0.2, 0.25) is 0 Å². The van der Waals surface area contributed by atoms with Crippen LogP contribution in [0, 0.1) is 0 Å². The Morgan fingerprint density at radius 2 is 2.16 bits per heavy atom. The number of hydrogen-bond donors (Lipinski definition) is 1. The summed E-state index contributed by atoms with van der Waals surface area (Å²) in [5, 5.41) is 15.9. The van der Waals surface area contributed by atoms with E-state index in [0.717, 1.165) is 9.48 Å². The monoisotopic (exact) mass is 326 g/mol. The van der Waals surface area contributed by atoms with Crippen molar-refractivity contribution in [2.24, 2.45) is 5.10 Å². The molecule has 0 saturated heterocycles. The van der Waals surface area contributed by atoms with Gasteiger partial charge in [0.05, 0.1) is 6.61 Å². The van der Waals surface area contributed by atoms with E-state index >= 15 is 0 Å². The largest absolute Gasteiger partial charge is 0.448 e. The van der Waals surface area contributed by atoms with E-state index in [4.69, 9.17) is 4.74 Å². The summed E-state index contributed by atoms with van der Waals surface area (Å²) in [5.74, 6) is 0. The quantitative estimate of drug-likeness (QED) is 0.908. The fourth-order valence-corrected chi connectivity index (χ4v) is 2.30. The van der Waals surface area contributed by atoms with E-state index in [9.17, 15) is 9.90 Å². The lowest BCUT2D eigenvalue weighted by Crippen LogP contribution is -2.43. The van der Waals surface area contributed by atoms with Gasteiger partial charge in [0, 0.05) is 22.2 Å². The van der Waals surface area contributed by atoms with Gasteiger partial charge in [-0.05, 0) is 26.0 Å². The first-order valence-electron chi connectivity index (χ1n) is 5.97. The number of ether oxygens (including phenoxy) is 1. The molecule has 1 atom stereocenters. The Morgan fingerprint density at radius 1 is 1.53 bits per heavy atom. The predicted octanol–water partition coefficient (Wildman–Crippen LogP) is 2.83. The third-order valence-corrected chi connectivity index (χ3v) is 3.40. The molecule has 1 aliphatic rings. The molecule has 0 unspecified atom stereocenters. The molecule has 102 valence electrons. The molecular weight excluding hydrogens is 312 g/mol. The lowest BCUT2D eigenvalue weighted by Gasteiger charge is -2.30. The second-order valence-corrected chi connectivity index (χ2v) is 5.26. The van der Waals surface area contributed by atoms with Crippen LogP contribution in [0.2, 0.25) is 0 Å². The van der Waals surface area contributed by atoms with Crippen molar-refractivity contribution in [1.82, 2.24) is 5.01 Å². The Labute approximate surface area is 120 Å². The first-order chi connectivity index (χ1) is 8.97. The topological polar surface area (TPSA) is 62.1 Å². The number of nitrogens with zero attached hydrogens (tertiary/aromatic N) is 2. The normalized spacial score (nSPS) is 22.3. The number of amides is 1. The van der Waals surface area contributed by atoms with Gasteiger partial charge in [-0.25, -0.2) is 4.79 Å². The van der Waals surface area contributed by atoms with Crippen molar-refractivity contribution in [3.05, 3.63) is 34.3 Å². The van der Waals surface area contributed by atoms with Crippen LogP contribution in [0.25, 0.3) is 0 Å². The van der Waals surface area contributed by atoms with Gasteiger partial charge in [-0.3, -0.25) is 0 Å². The van der Waals surface area contributed by atoms with Crippen LogP contribution in [0.15, 0.2) is 33.8 Å². The molecule has 0 aromatic heterocycles. The number of hydrogen-bond acceptors (Lipinski definition) is 4. The minimum atomic E-state index is -1.48. The molecule has 1 amide bonds. The minimum absolute atomic E-state index is 0.236. The summed E-state index contributed by atoms with van der Waals surface area (Å²) in [6.07, 6.45) is -0.377. The molecule has 5 nitrogen and oxygen atoms in total.